The third-order valence-electron chi connectivity index (χ3n) is 2.86. The van der Waals surface area contributed by atoms with Crippen LogP contribution in [0, 0.1) is 0 Å². The summed E-state index contributed by atoms with van der Waals surface area (Å²) in [7, 11) is 0. The summed E-state index contributed by atoms with van der Waals surface area (Å²) >= 11 is 0. The highest BCUT2D eigenvalue weighted by molar-refractivity contribution is 5.76. The summed E-state index contributed by atoms with van der Waals surface area (Å²) < 4.78 is 6.64. The van der Waals surface area contributed by atoms with E-state index >= 15 is 0 Å². The molecule has 1 saturated heterocycles. The van der Waals surface area contributed by atoms with E-state index in [-0.39, 0.29) is 24.4 Å². The molecular weight excluding hydrogens is 224 g/mol. The van der Waals surface area contributed by atoms with E-state index in [9.17, 15) is 4.79 Å². The molecule has 1 aliphatic heterocycles. The Bertz CT molecular complexity index is 393. The Morgan fingerprint density at radius 3 is 3.12 bits per heavy atom. The van der Waals surface area contributed by atoms with Crippen LogP contribution in [0.3, 0.4) is 0 Å². The molecule has 2 N–H and O–H groups in total. The second kappa shape index (κ2) is 5.09. The van der Waals surface area contributed by atoms with E-state index in [4.69, 9.17) is 10.5 Å². The number of ether oxygens (including phenoxy) is 1. The lowest BCUT2D eigenvalue weighted by molar-refractivity contribution is -0.140. The fourth-order valence-electron chi connectivity index (χ4n) is 1.86. The predicted molar refractivity (Wildman–Crippen MR) is 58.8 cm³/mol. The van der Waals surface area contributed by atoms with Crippen molar-refractivity contribution in [1.82, 2.24) is 25.1 Å². The number of amides is 1. The molecule has 94 valence electrons. The normalized spacial score (nSPS) is 20.5. The summed E-state index contributed by atoms with van der Waals surface area (Å²) in [5.74, 6) is 0.124. The molecule has 1 atom stereocenters. The number of nitrogens with zero attached hydrogens (tertiary/aromatic N) is 5. The van der Waals surface area contributed by atoms with Crippen LogP contribution in [0.4, 0.5) is 5.95 Å². The molecule has 1 amide bonds. The van der Waals surface area contributed by atoms with Gasteiger partial charge >= 0.3 is 0 Å². The van der Waals surface area contributed by atoms with E-state index in [0.29, 0.717) is 19.8 Å². The lowest BCUT2D eigenvalue weighted by Crippen LogP contribution is -2.49. The Morgan fingerprint density at radius 2 is 2.47 bits per heavy atom. The smallest absolute Gasteiger partial charge is 0.244 e. The predicted octanol–water partition coefficient (Wildman–Crippen LogP) is -1.11. The maximum Gasteiger partial charge on any atom is 0.244 e. The van der Waals surface area contributed by atoms with Gasteiger partial charge in [0.1, 0.15) is 6.54 Å². The molecule has 2 heterocycles. The fourth-order valence-corrected chi connectivity index (χ4v) is 1.86. The molecule has 0 radical (unpaired) electrons. The van der Waals surface area contributed by atoms with Gasteiger partial charge in [-0.1, -0.05) is 12.0 Å². The topological polar surface area (TPSA) is 99.2 Å². The maximum absolute atomic E-state index is 12.1. The second-order valence-electron chi connectivity index (χ2n) is 3.92. The Hall–Kier alpha value is -1.70. The minimum atomic E-state index is -0.0286. The van der Waals surface area contributed by atoms with Crippen LogP contribution in [0.1, 0.15) is 13.3 Å². The van der Waals surface area contributed by atoms with Crippen molar-refractivity contribution in [3.63, 3.8) is 0 Å². The lowest BCUT2D eigenvalue weighted by Gasteiger charge is -2.35. The van der Waals surface area contributed by atoms with Gasteiger partial charge < -0.3 is 15.4 Å². The standard InChI is InChI=1S/C9H16N6O2/c1-2-7-6-17-4-3-14(7)8(16)5-15-9(10)11-12-13-15/h7H,2-6H2,1H3,(H2,10,11,13)/t7-/m0/s1. The lowest BCUT2D eigenvalue weighted by atomic mass is 10.2. The summed E-state index contributed by atoms with van der Waals surface area (Å²) in [6, 6.07) is 0.133. The zero-order chi connectivity index (χ0) is 12.3. The minimum Gasteiger partial charge on any atom is -0.377 e. The molecule has 8 nitrogen and oxygen atoms in total. The van der Waals surface area contributed by atoms with Crippen molar-refractivity contribution in [2.75, 3.05) is 25.5 Å². The number of anilines is 1. The largest absolute Gasteiger partial charge is 0.377 e. The molecule has 2 rings (SSSR count). The first-order valence-corrected chi connectivity index (χ1v) is 5.61. The number of morpholine rings is 1. The van der Waals surface area contributed by atoms with Gasteiger partial charge in [0.15, 0.2) is 0 Å². The van der Waals surface area contributed by atoms with Crippen molar-refractivity contribution < 1.29 is 9.53 Å². The fraction of sp³-hybridized carbons (Fsp3) is 0.778. The number of hydrogen-bond acceptors (Lipinski definition) is 6. The first-order chi connectivity index (χ1) is 8.22. The molecule has 1 fully saturated rings. The van der Waals surface area contributed by atoms with E-state index in [1.165, 1.54) is 4.68 Å². The highest BCUT2D eigenvalue weighted by Gasteiger charge is 2.26. The number of nitrogen functional groups attached to an aromatic ring is 1. The van der Waals surface area contributed by atoms with Gasteiger partial charge in [-0.05, 0) is 16.8 Å². The third kappa shape index (κ3) is 2.52. The van der Waals surface area contributed by atoms with Gasteiger partial charge in [0.25, 0.3) is 0 Å². The minimum absolute atomic E-state index is 0.0286. The first kappa shape index (κ1) is 11.8. The second-order valence-corrected chi connectivity index (χ2v) is 3.92. The van der Waals surface area contributed by atoms with Crippen LogP contribution in [0.5, 0.6) is 0 Å². The average molecular weight is 240 g/mol. The molecule has 0 saturated carbocycles. The highest BCUT2D eigenvalue weighted by atomic mass is 16.5. The number of carbonyl (C=O) groups is 1. The number of carbonyl (C=O) groups excluding carboxylic acids is 1. The van der Waals surface area contributed by atoms with Crippen LogP contribution in [-0.2, 0) is 16.1 Å². The number of tetrazole rings is 1. The Balaban J connectivity index is 2.01. The van der Waals surface area contributed by atoms with Crippen LogP contribution in [0.25, 0.3) is 0 Å². The Kier molecular flexibility index (Phi) is 3.52. The molecule has 0 aromatic carbocycles. The summed E-state index contributed by atoms with van der Waals surface area (Å²) in [5.41, 5.74) is 5.52. The summed E-state index contributed by atoms with van der Waals surface area (Å²) in [6.45, 7) is 3.89. The van der Waals surface area contributed by atoms with Gasteiger partial charge in [0.05, 0.1) is 19.3 Å². The van der Waals surface area contributed by atoms with Crippen molar-refractivity contribution in [2.24, 2.45) is 0 Å². The van der Waals surface area contributed by atoms with Crippen molar-refractivity contribution >= 4 is 11.9 Å². The van der Waals surface area contributed by atoms with Gasteiger partial charge in [-0.25, -0.2) is 4.68 Å². The molecule has 0 spiro atoms. The Morgan fingerprint density at radius 1 is 1.65 bits per heavy atom. The SMILES string of the molecule is CC[C@H]1COCCN1C(=O)Cn1nnnc1N. The molecule has 1 aromatic heterocycles. The van der Waals surface area contributed by atoms with Gasteiger partial charge in [0.2, 0.25) is 11.9 Å². The van der Waals surface area contributed by atoms with Gasteiger partial charge in [-0.2, -0.15) is 0 Å². The average Bonchev–Trinajstić information content (AvgIpc) is 2.75. The maximum atomic E-state index is 12.1. The zero-order valence-corrected chi connectivity index (χ0v) is 9.74. The number of hydrogen-bond donors (Lipinski definition) is 1. The first-order valence-electron chi connectivity index (χ1n) is 5.61. The number of nitrogens with two attached hydrogens (primary N) is 1. The summed E-state index contributed by atoms with van der Waals surface area (Å²) in [5, 5.41) is 10.6. The van der Waals surface area contributed by atoms with E-state index in [2.05, 4.69) is 15.5 Å². The molecule has 17 heavy (non-hydrogen) atoms. The molecule has 0 bridgehead atoms. The number of rotatable bonds is 3. The summed E-state index contributed by atoms with van der Waals surface area (Å²) in [4.78, 5) is 13.9. The molecule has 0 unspecified atom stereocenters. The van der Waals surface area contributed by atoms with Crippen LogP contribution in [0.2, 0.25) is 0 Å². The van der Waals surface area contributed by atoms with Crippen LogP contribution in [-0.4, -0.2) is 56.8 Å². The molecule has 0 aliphatic carbocycles. The highest BCUT2D eigenvalue weighted by Crippen LogP contribution is 2.11. The molecular formula is C9H16N6O2. The quantitative estimate of drug-likeness (QED) is 0.719. The van der Waals surface area contributed by atoms with Gasteiger partial charge in [-0.15, -0.1) is 0 Å². The number of aromatic nitrogens is 4. The van der Waals surface area contributed by atoms with E-state index in [1.807, 2.05) is 11.8 Å². The monoisotopic (exact) mass is 240 g/mol. The van der Waals surface area contributed by atoms with E-state index in [0.717, 1.165) is 6.42 Å². The van der Waals surface area contributed by atoms with Crippen molar-refractivity contribution in [1.29, 1.82) is 0 Å². The molecule has 1 aliphatic rings. The molecule has 1 aromatic rings. The Labute approximate surface area is 98.7 Å². The van der Waals surface area contributed by atoms with Crippen molar-refractivity contribution in [3.8, 4) is 0 Å². The van der Waals surface area contributed by atoms with Gasteiger partial charge in [0, 0.05) is 6.54 Å². The zero-order valence-electron chi connectivity index (χ0n) is 9.74. The molecule has 8 heteroatoms. The van der Waals surface area contributed by atoms with E-state index in [1.54, 1.807) is 0 Å². The van der Waals surface area contributed by atoms with Gasteiger partial charge in [-0.3, -0.25) is 4.79 Å². The van der Waals surface area contributed by atoms with Crippen molar-refractivity contribution in [3.05, 3.63) is 0 Å². The van der Waals surface area contributed by atoms with Crippen LogP contribution in [0.15, 0.2) is 0 Å². The van der Waals surface area contributed by atoms with E-state index < -0.39 is 0 Å². The van der Waals surface area contributed by atoms with Crippen LogP contribution >= 0.6 is 0 Å². The third-order valence-corrected chi connectivity index (χ3v) is 2.86. The summed E-state index contributed by atoms with van der Waals surface area (Å²) in [6.07, 6.45) is 0.872. The van der Waals surface area contributed by atoms with Crippen LogP contribution < -0.4 is 5.73 Å². The van der Waals surface area contributed by atoms with Crippen molar-refractivity contribution in [2.45, 2.75) is 25.9 Å².